The third-order valence-corrected chi connectivity index (χ3v) is 7.25. The van der Waals surface area contributed by atoms with Crippen molar-refractivity contribution in [3.05, 3.63) is 65.6 Å². The lowest BCUT2D eigenvalue weighted by atomic mass is 9.97. The summed E-state index contributed by atoms with van der Waals surface area (Å²) in [6.07, 6.45) is 4.81. The van der Waals surface area contributed by atoms with Crippen LogP contribution in [0.15, 0.2) is 43.2 Å². The molecule has 1 radical (unpaired) electrons. The van der Waals surface area contributed by atoms with Crippen LogP contribution in [0.25, 0.3) is 22.3 Å². The van der Waals surface area contributed by atoms with E-state index in [1.165, 1.54) is 6.33 Å². The number of hydrogen-bond donors (Lipinski definition) is 1. The van der Waals surface area contributed by atoms with Gasteiger partial charge in [-0.15, -0.1) is 0 Å². The van der Waals surface area contributed by atoms with Crippen molar-refractivity contribution in [2.24, 2.45) is 0 Å². The Morgan fingerprint density at radius 3 is 2.65 bits per heavy atom. The van der Waals surface area contributed by atoms with E-state index >= 15 is 0 Å². The second-order valence-electron chi connectivity index (χ2n) is 9.18. The van der Waals surface area contributed by atoms with Gasteiger partial charge in [-0.2, -0.15) is 18.3 Å². The second-order valence-corrected chi connectivity index (χ2v) is 9.58. The molecule has 0 aliphatic carbocycles. The van der Waals surface area contributed by atoms with Crippen molar-refractivity contribution in [2.75, 3.05) is 26.2 Å². The molecule has 0 unspecified atom stereocenters. The number of nitrogens with one attached hydrogen (secondary N) is 1. The summed E-state index contributed by atoms with van der Waals surface area (Å²) >= 11 is 6.00. The van der Waals surface area contributed by atoms with E-state index < -0.39 is 17.8 Å². The molecular weight excluding hydrogens is 509 g/mol. The fraction of sp³-hybridized carbons (Fsp3) is 0.333. The first kappa shape index (κ1) is 23.9. The Bertz CT molecular complexity index is 1450. The van der Waals surface area contributed by atoms with Gasteiger partial charge >= 0.3 is 6.18 Å². The van der Waals surface area contributed by atoms with Gasteiger partial charge in [0.05, 0.1) is 22.5 Å². The zero-order chi connectivity index (χ0) is 25.7. The van der Waals surface area contributed by atoms with Crippen LogP contribution in [0.1, 0.15) is 28.9 Å². The second kappa shape index (κ2) is 9.10. The minimum atomic E-state index is -4.64. The first-order valence-corrected chi connectivity index (χ1v) is 12.1. The van der Waals surface area contributed by atoms with Crippen LogP contribution in [0.5, 0.6) is 0 Å². The van der Waals surface area contributed by atoms with E-state index in [1.54, 1.807) is 11.1 Å². The molecule has 4 aromatic heterocycles. The number of carbonyl (C=O) groups is 1. The van der Waals surface area contributed by atoms with E-state index in [9.17, 15) is 18.0 Å². The number of likely N-dealkylation sites (tertiary alicyclic amines) is 2. The smallest absolute Gasteiger partial charge is 0.346 e. The lowest BCUT2D eigenvalue weighted by Crippen LogP contribution is -2.56. The number of aromatic nitrogens is 6. The molecule has 0 bridgehead atoms. The largest absolute Gasteiger partial charge is 0.433 e. The molecule has 2 aliphatic heterocycles. The molecule has 0 spiro atoms. The van der Waals surface area contributed by atoms with Gasteiger partial charge in [-0.05, 0) is 25.0 Å². The number of amides is 1. The minimum absolute atomic E-state index is 0.0834. The van der Waals surface area contributed by atoms with Crippen molar-refractivity contribution in [2.45, 2.75) is 25.1 Å². The predicted molar refractivity (Wildman–Crippen MR) is 128 cm³/mol. The summed E-state index contributed by atoms with van der Waals surface area (Å²) in [5.41, 5.74) is 1.21. The van der Waals surface area contributed by atoms with Gasteiger partial charge in [0.25, 0.3) is 5.91 Å². The van der Waals surface area contributed by atoms with Gasteiger partial charge in [0.2, 0.25) is 0 Å². The summed E-state index contributed by atoms with van der Waals surface area (Å²) < 4.78 is 41.0. The van der Waals surface area contributed by atoms with Crippen LogP contribution in [-0.4, -0.2) is 77.6 Å². The number of piperidine rings is 1. The number of fused-ring (bicyclic) bond motifs is 1. The zero-order valence-electron chi connectivity index (χ0n) is 19.4. The van der Waals surface area contributed by atoms with Gasteiger partial charge in [0, 0.05) is 61.8 Å². The summed E-state index contributed by atoms with van der Waals surface area (Å²) in [5, 5.41) is 5.37. The molecule has 1 N–H and O–H groups in total. The third-order valence-electron chi connectivity index (χ3n) is 6.95. The van der Waals surface area contributed by atoms with Crippen molar-refractivity contribution in [1.29, 1.82) is 0 Å². The molecule has 2 aliphatic rings. The first-order valence-electron chi connectivity index (χ1n) is 11.7. The SMILES string of the molecule is O=C(c1cc(C(F)(F)F)ncc1Cl)N1CCC(N2C[C](n3cc(-c4ncnc5[nH]ccc45)cn3)C2)CC1. The van der Waals surface area contributed by atoms with Gasteiger partial charge in [-0.3, -0.25) is 19.4 Å². The first-order chi connectivity index (χ1) is 17.8. The molecule has 0 atom stereocenters. The van der Waals surface area contributed by atoms with E-state index in [-0.39, 0.29) is 16.6 Å². The van der Waals surface area contributed by atoms with E-state index in [2.05, 4.69) is 29.9 Å². The lowest BCUT2D eigenvalue weighted by molar-refractivity contribution is -0.141. The molecule has 191 valence electrons. The van der Waals surface area contributed by atoms with Gasteiger partial charge in [-0.1, -0.05) is 11.6 Å². The minimum Gasteiger partial charge on any atom is -0.346 e. The van der Waals surface area contributed by atoms with Crippen LogP contribution in [0.4, 0.5) is 13.2 Å². The highest BCUT2D eigenvalue weighted by atomic mass is 35.5. The molecule has 2 fully saturated rings. The van der Waals surface area contributed by atoms with E-state index in [1.807, 2.05) is 23.1 Å². The molecule has 0 aromatic carbocycles. The maximum Gasteiger partial charge on any atom is 0.433 e. The van der Waals surface area contributed by atoms with Gasteiger partial charge in [0.1, 0.15) is 23.7 Å². The summed E-state index contributed by atoms with van der Waals surface area (Å²) in [6.45, 7) is 2.41. The zero-order valence-corrected chi connectivity index (χ0v) is 20.2. The molecular formula is C24H21ClF3N8O. The highest BCUT2D eigenvalue weighted by molar-refractivity contribution is 6.33. The van der Waals surface area contributed by atoms with Gasteiger partial charge in [-0.25, -0.2) is 9.97 Å². The molecule has 4 aromatic rings. The Hall–Kier alpha value is -3.51. The van der Waals surface area contributed by atoms with Crippen LogP contribution in [0, 0.1) is 6.04 Å². The number of alkyl halides is 3. The number of pyridine rings is 1. The number of aromatic amines is 1. The lowest BCUT2D eigenvalue weighted by Gasteiger charge is -2.46. The highest BCUT2D eigenvalue weighted by Crippen LogP contribution is 2.32. The van der Waals surface area contributed by atoms with Crippen LogP contribution >= 0.6 is 11.6 Å². The number of rotatable bonds is 4. The Morgan fingerprint density at radius 1 is 1.11 bits per heavy atom. The van der Waals surface area contributed by atoms with Crippen molar-refractivity contribution in [1.82, 2.24) is 39.5 Å². The summed E-state index contributed by atoms with van der Waals surface area (Å²) in [7, 11) is 0. The van der Waals surface area contributed by atoms with Crippen LogP contribution < -0.4 is 0 Å². The Kier molecular flexibility index (Phi) is 5.87. The predicted octanol–water partition coefficient (Wildman–Crippen LogP) is 3.89. The highest BCUT2D eigenvalue weighted by Gasteiger charge is 2.38. The number of carbonyl (C=O) groups excluding carboxylic acids is 1. The fourth-order valence-electron chi connectivity index (χ4n) is 4.91. The monoisotopic (exact) mass is 529 g/mol. The fourth-order valence-corrected chi connectivity index (χ4v) is 5.09. The summed E-state index contributed by atoms with van der Waals surface area (Å²) in [5.74, 6) is -0.502. The molecule has 37 heavy (non-hydrogen) atoms. The van der Waals surface area contributed by atoms with Crippen molar-refractivity contribution in [3.63, 3.8) is 0 Å². The molecule has 2 saturated heterocycles. The Balaban J connectivity index is 1.05. The average Bonchev–Trinajstić information content (AvgIpc) is 3.53. The maximum absolute atomic E-state index is 13.0. The molecule has 6 heterocycles. The number of H-pyrrole nitrogens is 1. The number of hydrogen-bond acceptors (Lipinski definition) is 6. The summed E-state index contributed by atoms with van der Waals surface area (Å²) in [4.78, 5) is 31.8. The Morgan fingerprint density at radius 2 is 1.89 bits per heavy atom. The average molecular weight is 530 g/mol. The van der Waals surface area contributed by atoms with Gasteiger partial charge < -0.3 is 9.88 Å². The molecule has 13 heteroatoms. The van der Waals surface area contributed by atoms with E-state index in [0.29, 0.717) is 13.1 Å². The standard InChI is InChI=1S/C24H21ClF3N8O/c25-19-9-30-20(24(26,27)28)7-18(19)23(37)34-5-2-15(3-6-34)35-11-16(12-35)36-10-14(8-33-36)21-17-1-4-29-22(17)32-13-31-21/h1,4,7-10,13,15H,2-3,5-6,11-12H2,(H,29,31,32). The molecule has 0 saturated carbocycles. The number of nitrogens with zero attached hydrogens (tertiary/aromatic N) is 7. The maximum atomic E-state index is 13.0. The molecule has 6 rings (SSSR count). The summed E-state index contributed by atoms with van der Waals surface area (Å²) in [6, 6.07) is 4.11. The quantitative estimate of drug-likeness (QED) is 0.431. The molecule has 1 amide bonds. The third kappa shape index (κ3) is 4.44. The van der Waals surface area contributed by atoms with Crippen LogP contribution in [0.3, 0.4) is 0 Å². The van der Waals surface area contributed by atoms with E-state index in [4.69, 9.17) is 11.6 Å². The Labute approximate surface area is 214 Å². The van der Waals surface area contributed by atoms with E-state index in [0.717, 1.165) is 66.5 Å². The normalized spacial score (nSPS) is 17.9. The van der Waals surface area contributed by atoms with Crippen LogP contribution in [-0.2, 0) is 6.18 Å². The molecule has 9 nitrogen and oxygen atoms in total. The van der Waals surface area contributed by atoms with Gasteiger partial charge in [0.15, 0.2) is 0 Å². The number of halogens is 4. The van der Waals surface area contributed by atoms with Crippen molar-refractivity contribution >= 4 is 28.5 Å². The van der Waals surface area contributed by atoms with Crippen molar-refractivity contribution < 1.29 is 18.0 Å². The topological polar surface area (TPSA) is 95.8 Å². The van der Waals surface area contributed by atoms with Crippen molar-refractivity contribution in [3.8, 4) is 11.3 Å². The van der Waals surface area contributed by atoms with Crippen LogP contribution in [0.2, 0.25) is 5.02 Å².